The fourth-order valence-electron chi connectivity index (χ4n) is 4.87. The number of hydrogen-bond donors (Lipinski definition) is 2. The number of methoxy groups -OCH3 is 1. The molecule has 5 rings (SSSR count). The zero-order valence-corrected chi connectivity index (χ0v) is 21.3. The third kappa shape index (κ3) is 6.04. The van der Waals surface area contributed by atoms with Crippen molar-refractivity contribution < 1.29 is 4.74 Å². The lowest BCUT2D eigenvalue weighted by Crippen LogP contribution is -2.47. The Morgan fingerprint density at radius 1 is 0.865 bits per heavy atom. The normalized spacial score (nSPS) is 14.6. The molecule has 8 heteroatoms. The van der Waals surface area contributed by atoms with Crippen LogP contribution in [-0.4, -0.2) is 58.0 Å². The molecule has 37 heavy (non-hydrogen) atoms. The van der Waals surface area contributed by atoms with Gasteiger partial charge in [-0.05, 0) is 35.7 Å². The van der Waals surface area contributed by atoms with E-state index in [9.17, 15) is 0 Å². The molecule has 0 amide bonds. The van der Waals surface area contributed by atoms with Crippen LogP contribution in [0.15, 0.2) is 78.9 Å². The van der Waals surface area contributed by atoms with Crippen LogP contribution in [0.5, 0.6) is 5.75 Å². The second-order valence-corrected chi connectivity index (χ2v) is 9.30. The summed E-state index contributed by atoms with van der Waals surface area (Å²) in [7, 11) is 1.64. The van der Waals surface area contributed by atoms with Crippen LogP contribution >= 0.6 is 0 Å². The lowest BCUT2D eigenvalue weighted by Gasteiger charge is -2.39. The molecule has 1 saturated heterocycles. The molecular formula is C29H33N7O. The SMILES string of the molecule is COc1ccc(C)cc1Nc1nc(N)nc(CN2CCN(C(c3ccccc3)c3ccccc3)CC2)n1. The van der Waals surface area contributed by atoms with Crippen LogP contribution < -0.4 is 15.8 Å². The lowest BCUT2D eigenvalue weighted by molar-refractivity contribution is 0.103. The monoisotopic (exact) mass is 495 g/mol. The number of aryl methyl sites for hydroxylation is 1. The Bertz CT molecular complexity index is 1270. The van der Waals surface area contributed by atoms with Gasteiger partial charge in [-0.15, -0.1) is 0 Å². The molecular weight excluding hydrogens is 462 g/mol. The minimum absolute atomic E-state index is 0.200. The Hall–Kier alpha value is -4.01. The zero-order valence-electron chi connectivity index (χ0n) is 21.3. The summed E-state index contributed by atoms with van der Waals surface area (Å²) in [5.41, 5.74) is 10.6. The first-order chi connectivity index (χ1) is 18.1. The second kappa shape index (κ2) is 11.4. The van der Waals surface area contributed by atoms with E-state index in [0.29, 0.717) is 24.1 Å². The summed E-state index contributed by atoms with van der Waals surface area (Å²) >= 11 is 0. The fourth-order valence-corrected chi connectivity index (χ4v) is 4.87. The van der Waals surface area contributed by atoms with Gasteiger partial charge in [-0.3, -0.25) is 9.80 Å². The molecule has 0 aliphatic carbocycles. The van der Waals surface area contributed by atoms with E-state index in [2.05, 4.69) is 90.7 Å². The van der Waals surface area contributed by atoms with Crippen LogP contribution in [0.3, 0.4) is 0 Å². The highest BCUT2D eigenvalue weighted by Crippen LogP contribution is 2.30. The number of ether oxygens (including phenoxy) is 1. The lowest BCUT2D eigenvalue weighted by atomic mass is 9.96. The number of aromatic nitrogens is 3. The average Bonchev–Trinajstić information content (AvgIpc) is 2.91. The molecule has 3 N–H and O–H groups in total. The fraction of sp³-hybridized carbons (Fsp3) is 0.276. The maximum Gasteiger partial charge on any atom is 0.232 e. The molecule has 1 aliphatic heterocycles. The van der Waals surface area contributed by atoms with E-state index in [1.54, 1.807) is 7.11 Å². The highest BCUT2D eigenvalue weighted by atomic mass is 16.5. The number of piperazine rings is 1. The predicted molar refractivity (Wildman–Crippen MR) is 147 cm³/mol. The third-order valence-corrected chi connectivity index (χ3v) is 6.67. The van der Waals surface area contributed by atoms with Crippen molar-refractivity contribution in [3.63, 3.8) is 0 Å². The number of rotatable bonds is 8. The van der Waals surface area contributed by atoms with Crippen LogP contribution in [0.2, 0.25) is 0 Å². The van der Waals surface area contributed by atoms with Crippen molar-refractivity contribution in [1.29, 1.82) is 0 Å². The van der Waals surface area contributed by atoms with E-state index in [4.69, 9.17) is 10.5 Å². The van der Waals surface area contributed by atoms with Crippen LogP contribution in [0.4, 0.5) is 17.6 Å². The predicted octanol–water partition coefficient (Wildman–Crippen LogP) is 4.42. The largest absolute Gasteiger partial charge is 0.495 e. The average molecular weight is 496 g/mol. The van der Waals surface area contributed by atoms with E-state index in [1.165, 1.54) is 11.1 Å². The quantitative estimate of drug-likeness (QED) is 0.371. The Morgan fingerprint density at radius 2 is 1.51 bits per heavy atom. The molecule has 0 saturated carbocycles. The topological polar surface area (TPSA) is 92.4 Å². The van der Waals surface area contributed by atoms with Crippen molar-refractivity contribution in [2.45, 2.75) is 19.5 Å². The van der Waals surface area contributed by atoms with Gasteiger partial charge >= 0.3 is 0 Å². The molecule has 3 aromatic carbocycles. The molecule has 0 bridgehead atoms. The van der Waals surface area contributed by atoms with E-state index >= 15 is 0 Å². The van der Waals surface area contributed by atoms with Gasteiger partial charge in [0.05, 0.1) is 25.4 Å². The summed E-state index contributed by atoms with van der Waals surface area (Å²) in [4.78, 5) is 18.3. The maximum absolute atomic E-state index is 6.05. The first-order valence-corrected chi connectivity index (χ1v) is 12.6. The summed E-state index contributed by atoms with van der Waals surface area (Å²) in [5.74, 6) is 1.98. The second-order valence-electron chi connectivity index (χ2n) is 9.30. The van der Waals surface area contributed by atoms with E-state index < -0.39 is 0 Å². The highest BCUT2D eigenvalue weighted by Gasteiger charge is 2.26. The molecule has 1 aromatic heterocycles. The van der Waals surface area contributed by atoms with Crippen molar-refractivity contribution in [2.24, 2.45) is 0 Å². The number of nitrogen functional groups attached to an aromatic ring is 1. The smallest absolute Gasteiger partial charge is 0.232 e. The molecule has 0 atom stereocenters. The molecule has 190 valence electrons. The van der Waals surface area contributed by atoms with Crippen molar-refractivity contribution in [3.8, 4) is 5.75 Å². The van der Waals surface area contributed by atoms with Crippen LogP contribution in [0, 0.1) is 6.92 Å². The summed E-state index contributed by atoms with van der Waals surface area (Å²) in [6, 6.07) is 27.6. The van der Waals surface area contributed by atoms with Gasteiger partial charge < -0.3 is 15.8 Å². The Morgan fingerprint density at radius 3 is 2.14 bits per heavy atom. The van der Waals surface area contributed by atoms with Crippen LogP contribution in [-0.2, 0) is 6.54 Å². The Kier molecular flexibility index (Phi) is 7.58. The van der Waals surface area contributed by atoms with Gasteiger partial charge in [0.25, 0.3) is 0 Å². The van der Waals surface area contributed by atoms with Gasteiger partial charge in [-0.2, -0.15) is 15.0 Å². The highest BCUT2D eigenvalue weighted by molar-refractivity contribution is 5.63. The molecule has 0 spiro atoms. The molecule has 4 aromatic rings. The van der Waals surface area contributed by atoms with E-state index in [1.807, 2.05) is 25.1 Å². The summed E-state index contributed by atoms with van der Waals surface area (Å²) < 4.78 is 5.47. The van der Waals surface area contributed by atoms with Gasteiger partial charge in [0.2, 0.25) is 11.9 Å². The summed E-state index contributed by atoms with van der Waals surface area (Å²) in [6.45, 7) is 6.35. The minimum Gasteiger partial charge on any atom is -0.495 e. The van der Waals surface area contributed by atoms with E-state index in [-0.39, 0.29) is 12.0 Å². The van der Waals surface area contributed by atoms with Gasteiger partial charge in [-0.25, -0.2) is 0 Å². The van der Waals surface area contributed by atoms with Crippen molar-refractivity contribution in [3.05, 3.63) is 101 Å². The summed E-state index contributed by atoms with van der Waals surface area (Å²) in [5, 5.41) is 3.25. The van der Waals surface area contributed by atoms with Gasteiger partial charge in [-0.1, -0.05) is 66.7 Å². The maximum atomic E-state index is 6.05. The van der Waals surface area contributed by atoms with Crippen LogP contribution in [0.1, 0.15) is 28.6 Å². The molecule has 0 radical (unpaired) electrons. The van der Waals surface area contributed by atoms with Crippen molar-refractivity contribution >= 4 is 17.6 Å². The number of benzene rings is 3. The molecule has 2 heterocycles. The number of anilines is 3. The number of nitrogens with two attached hydrogens (primary N) is 1. The van der Waals surface area contributed by atoms with Gasteiger partial charge in [0, 0.05) is 26.2 Å². The number of nitrogens with one attached hydrogen (secondary N) is 1. The van der Waals surface area contributed by atoms with Crippen molar-refractivity contribution in [2.75, 3.05) is 44.3 Å². The zero-order chi connectivity index (χ0) is 25.6. The molecule has 1 aliphatic rings. The standard InChI is InChI=1S/C29H33N7O/c1-21-13-14-25(37-2)24(19-21)31-29-33-26(32-28(30)34-29)20-35-15-17-36(18-16-35)27(22-9-5-3-6-10-22)23-11-7-4-8-12-23/h3-14,19,27H,15-18,20H2,1-2H3,(H3,30,31,32,33,34). The van der Waals surface area contributed by atoms with E-state index in [0.717, 1.165) is 37.4 Å². The van der Waals surface area contributed by atoms with Gasteiger partial charge in [0.1, 0.15) is 11.6 Å². The van der Waals surface area contributed by atoms with Crippen molar-refractivity contribution in [1.82, 2.24) is 24.8 Å². The molecule has 0 unspecified atom stereocenters. The third-order valence-electron chi connectivity index (χ3n) is 6.67. The first kappa shape index (κ1) is 24.7. The summed E-state index contributed by atoms with van der Waals surface area (Å²) in [6.07, 6.45) is 0. The molecule has 1 fully saturated rings. The minimum atomic E-state index is 0.200. The first-order valence-electron chi connectivity index (χ1n) is 12.6. The molecule has 8 nitrogen and oxygen atoms in total. The van der Waals surface area contributed by atoms with Gasteiger partial charge in [0.15, 0.2) is 0 Å². The van der Waals surface area contributed by atoms with Crippen LogP contribution in [0.25, 0.3) is 0 Å². The number of hydrogen-bond acceptors (Lipinski definition) is 8. The Balaban J connectivity index is 1.27. The number of nitrogens with zero attached hydrogens (tertiary/aromatic N) is 5. The Labute approximate surface area is 218 Å².